The fourth-order valence-electron chi connectivity index (χ4n) is 4.03. The van der Waals surface area contributed by atoms with E-state index in [4.69, 9.17) is 0 Å². The second-order valence-corrected chi connectivity index (χ2v) is 13.9. The highest BCUT2D eigenvalue weighted by atomic mass is 14.3. The minimum atomic E-state index is 0.105. The summed E-state index contributed by atoms with van der Waals surface area (Å²) in [6.07, 6.45) is 4.48. The molecule has 0 atom stereocenters. The topological polar surface area (TPSA) is 0 Å². The fourth-order valence-corrected chi connectivity index (χ4v) is 4.03. The molecule has 0 radical (unpaired) electrons. The Morgan fingerprint density at radius 1 is 0.394 bits per heavy atom. The summed E-state index contributed by atoms with van der Waals surface area (Å²) in [5.41, 5.74) is 14.6. The van der Waals surface area contributed by atoms with Gasteiger partial charge >= 0.3 is 0 Å². The summed E-state index contributed by atoms with van der Waals surface area (Å²) < 4.78 is 0. The van der Waals surface area contributed by atoms with Gasteiger partial charge in [-0.25, -0.2) is 0 Å². The van der Waals surface area contributed by atoms with E-state index in [2.05, 4.69) is 137 Å². The van der Waals surface area contributed by atoms with Crippen LogP contribution in [0, 0.1) is 0 Å². The summed E-state index contributed by atoms with van der Waals surface area (Å²) >= 11 is 0. The van der Waals surface area contributed by atoms with E-state index in [0.29, 0.717) is 0 Å². The minimum Gasteiger partial charge on any atom is -0.104 e. The SMILES string of the molecule is CC(C)(C)c1cc(C2=C=C(c3cc(C(C)(C)C)cc(C(C)(C)C)c3)C=C2)cc(C(C)(C)C)c1. The first kappa shape index (κ1) is 25.3. The molecule has 0 fully saturated rings. The van der Waals surface area contributed by atoms with E-state index in [1.54, 1.807) is 0 Å². The van der Waals surface area contributed by atoms with Crippen molar-refractivity contribution >= 4 is 11.1 Å². The zero-order chi connectivity index (χ0) is 25.0. The van der Waals surface area contributed by atoms with Crippen LogP contribution in [0.3, 0.4) is 0 Å². The monoisotopic (exact) mass is 440 g/mol. The van der Waals surface area contributed by atoms with Crippen LogP contribution in [-0.2, 0) is 21.7 Å². The molecule has 0 nitrogen and oxygen atoms in total. The molecule has 0 bridgehead atoms. The number of hydrogen-bond acceptors (Lipinski definition) is 0. The van der Waals surface area contributed by atoms with Crippen molar-refractivity contribution in [2.75, 3.05) is 0 Å². The molecule has 1 aliphatic rings. The molecule has 0 N–H and O–H groups in total. The molecule has 0 saturated heterocycles. The van der Waals surface area contributed by atoms with Crippen LogP contribution in [0.1, 0.15) is 116 Å². The third-order valence-corrected chi connectivity index (χ3v) is 6.64. The molecule has 33 heavy (non-hydrogen) atoms. The molecule has 0 heteroatoms. The van der Waals surface area contributed by atoms with Crippen molar-refractivity contribution < 1.29 is 0 Å². The Kier molecular flexibility index (Phi) is 6.27. The van der Waals surface area contributed by atoms with Gasteiger partial charge in [-0.05, 0) is 91.5 Å². The highest BCUT2D eigenvalue weighted by Crippen LogP contribution is 2.37. The Morgan fingerprint density at radius 3 is 0.848 bits per heavy atom. The molecule has 0 heterocycles. The van der Waals surface area contributed by atoms with Crippen LogP contribution in [0.4, 0.5) is 0 Å². The quantitative estimate of drug-likeness (QED) is 0.408. The van der Waals surface area contributed by atoms with E-state index < -0.39 is 0 Å². The lowest BCUT2D eigenvalue weighted by Crippen LogP contribution is -2.16. The molecule has 0 aliphatic heterocycles. The van der Waals surface area contributed by atoms with Crippen LogP contribution in [0.2, 0.25) is 0 Å². The molecule has 0 saturated carbocycles. The minimum absolute atomic E-state index is 0.105. The van der Waals surface area contributed by atoms with Gasteiger partial charge in [-0.2, -0.15) is 0 Å². The highest BCUT2D eigenvalue weighted by molar-refractivity contribution is 5.90. The molecule has 1 aliphatic carbocycles. The van der Waals surface area contributed by atoms with Crippen LogP contribution in [0.15, 0.2) is 54.3 Å². The predicted molar refractivity (Wildman–Crippen MR) is 147 cm³/mol. The third kappa shape index (κ3) is 5.80. The van der Waals surface area contributed by atoms with Gasteiger partial charge in [-0.15, -0.1) is 5.73 Å². The summed E-state index contributed by atoms with van der Waals surface area (Å²) in [4.78, 5) is 0. The smallest absolute Gasteiger partial charge is 0.0244 e. The van der Waals surface area contributed by atoms with E-state index in [-0.39, 0.29) is 21.7 Å². The molecule has 2 aromatic rings. The van der Waals surface area contributed by atoms with Crippen LogP contribution in [-0.4, -0.2) is 0 Å². The van der Waals surface area contributed by atoms with Gasteiger partial charge in [-0.3, -0.25) is 0 Å². The van der Waals surface area contributed by atoms with Gasteiger partial charge in [0, 0.05) is 11.1 Å². The lowest BCUT2D eigenvalue weighted by molar-refractivity contribution is 0.567. The Labute approximate surface area is 203 Å². The maximum atomic E-state index is 3.76. The van der Waals surface area contributed by atoms with Crippen molar-refractivity contribution in [1.29, 1.82) is 0 Å². The highest BCUT2D eigenvalue weighted by Gasteiger charge is 2.23. The zero-order valence-corrected chi connectivity index (χ0v) is 23.1. The lowest BCUT2D eigenvalue weighted by atomic mass is 9.79. The average Bonchev–Trinajstić information content (AvgIpc) is 3.15. The van der Waals surface area contributed by atoms with Crippen molar-refractivity contribution in [3.05, 3.63) is 87.7 Å². The largest absolute Gasteiger partial charge is 0.104 e. The summed E-state index contributed by atoms with van der Waals surface area (Å²) in [5, 5.41) is 0. The van der Waals surface area contributed by atoms with Crippen molar-refractivity contribution in [2.45, 2.75) is 105 Å². The van der Waals surface area contributed by atoms with Gasteiger partial charge in [0.15, 0.2) is 0 Å². The molecule has 0 spiro atoms. The summed E-state index contributed by atoms with van der Waals surface area (Å²) in [6, 6.07) is 14.2. The molecule has 176 valence electrons. The molecular formula is C33H44. The third-order valence-electron chi connectivity index (χ3n) is 6.64. The summed E-state index contributed by atoms with van der Waals surface area (Å²) in [7, 11) is 0. The standard InChI is InChI=1S/C33H44/c1-30(2,3)26-16-24(17-27(20-26)31(4,5)6)22-13-14-23(15-22)25-18-28(32(7,8)9)21-29(19-25)33(10,11)12/h13-14,16-21H,1-12H3. The first-order valence-electron chi connectivity index (χ1n) is 12.4. The normalized spacial score (nSPS) is 15.0. The van der Waals surface area contributed by atoms with Crippen molar-refractivity contribution in [3.63, 3.8) is 0 Å². The van der Waals surface area contributed by atoms with Gasteiger partial charge in [0.1, 0.15) is 0 Å². The molecular weight excluding hydrogens is 396 g/mol. The number of allylic oxidation sites excluding steroid dienone is 3. The predicted octanol–water partition coefficient (Wildman–Crippen LogP) is 9.51. The van der Waals surface area contributed by atoms with Crippen molar-refractivity contribution in [2.24, 2.45) is 0 Å². The van der Waals surface area contributed by atoms with Gasteiger partial charge in [0.25, 0.3) is 0 Å². The second kappa shape index (κ2) is 8.18. The Morgan fingerprint density at radius 2 is 0.636 bits per heavy atom. The molecule has 2 aromatic carbocycles. The molecule has 0 unspecified atom stereocenters. The van der Waals surface area contributed by atoms with E-state index in [1.807, 2.05) is 0 Å². The van der Waals surface area contributed by atoms with Crippen molar-refractivity contribution in [1.82, 2.24) is 0 Å². The first-order valence-corrected chi connectivity index (χ1v) is 12.4. The van der Waals surface area contributed by atoms with Crippen LogP contribution in [0.5, 0.6) is 0 Å². The maximum Gasteiger partial charge on any atom is 0.0244 e. The van der Waals surface area contributed by atoms with Crippen LogP contribution >= 0.6 is 0 Å². The van der Waals surface area contributed by atoms with Crippen LogP contribution < -0.4 is 0 Å². The number of rotatable bonds is 2. The number of hydrogen-bond donors (Lipinski definition) is 0. The van der Waals surface area contributed by atoms with Gasteiger partial charge < -0.3 is 0 Å². The van der Waals surface area contributed by atoms with Crippen LogP contribution in [0.25, 0.3) is 11.1 Å². The fraction of sp³-hybridized carbons (Fsp3) is 0.485. The van der Waals surface area contributed by atoms with Gasteiger partial charge in [0.2, 0.25) is 0 Å². The van der Waals surface area contributed by atoms with E-state index >= 15 is 0 Å². The lowest BCUT2D eigenvalue weighted by Gasteiger charge is -2.26. The van der Waals surface area contributed by atoms with Gasteiger partial charge in [-0.1, -0.05) is 95.2 Å². The molecule has 3 rings (SSSR count). The average molecular weight is 441 g/mol. The molecule has 0 aromatic heterocycles. The maximum absolute atomic E-state index is 3.76. The van der Waals surface area contributed by atoms with Gasteiger partial charge in [0.05, 0.1) is 0 Å². The second-order valence-electron chi connectivity index (χ2n) is 13.9. The Hall–Kier alpha value is -2.30. The Balaban J connectivity index is 2.21. The van der Waals surface area contributed by atoms with E-state index in [0.717, 1.165) is 0 Å². The van der Waals surface area contributed by atoms with E-state index in [1.165, 1.54) is 44.5 Å². The summed E-state index contributed by atoms with van der Waals surface area (Å²) in [5.74, 6) is 0. The zero-order valence-electron chi connectivity index (χ0n) is 23.1. The first-order chi connectivity index (χ1) is 14.9. The molecule has 0 amide bonds. The Bertz CT molecular complexity index is 992. The van der Waals surface area contributed by atoms with E-state index in [9.17, 15) is 0 Å². The summed E-state index contributed by atoms with van der Waals surface area (Å²) in [6.45, 7) is 27.6. The number of benzene rings is 2. The van der Waals surface area contributed by atoms with Crippen molar-refractivity contribution in [3.8, 4) is 0 Å².